The van der Waals surface area contributed by atoms with Crippen molar-refractivity contribution in [3.63, 3.8) is 0 Å². The maximum Gasteiger partial charge on any atom is 0.254 e. The van der Waals surface area contributed by atoms with Gasteiger partial charge in [0.25, 0.3) is 5.91 Å². The van der Waals surface area contributed by atoms with Crippen molar-refractivity contribution in [2.75, 3.05) is 25.1 Å². The van der Waals surface area contributed by atoms with Gasteiger partial charge in [0.2, 0.25) is 0 Å². The predicted molar refractivity (Wildman–Crippen MR) is 75.8 cm³/mol. The molecule has 0 aromatic carbocycles. The summed E-state index contributed by atoms with van der Waals surface area (Å²) in [5, 5.41) is 0.693. The molecule has 2 N–H and O–H groups in total. The molecule has 1 fully saturated rings. The van der Waals surface area contributed by atoms with Gasteiger partial charge >= 0.3 is 0 Å². The third-order valence-electron chi connectivity index (χ3n) is 3.28. The zero-order chi connectivity index (χ0) is 13.1. The van der Waals surface area contributed by atoms with Gasteiger partial charge < -0.3 is 10.6 Å². The van der Waals surface area contributed by atoms with Gasteiger partial charge in [-0.25, -0.2) is 4.98 Å². The van der Waals surface area contributed by atoms with Crippen LogP contribution in [0.1, 0.15) is 28.9 Å². The topological polar surface area (TPSA) is 59.2 Å². The van der Waals surface area contributed by atoms with Crippen LogP contribution in [0.25, 0.3) is 0 Å². The number of nitrogens with zero attached hydrogens (tertiary/aromatic N) is 2. The molecule has 2 rings (SSSR count). The van der Waals surface area contributed by atoms with Crippen molar-refractivity contribution in [3.05, 3.63) is 23.4 Å². The van der Waals surface area contributed by atoms with Gasteiger partial charge in [-0.3, -0.25) is 4.79 Å². The van der Waals surface area contributed by atoms with Crippen molar-refractivity contribution in [2.24, 2.45) is 0 Å². The molecule has 1 aromatic heterocycles. The molecule has 2 heterocycles. The molecule has 0 bridgehead atoms. The summed E-state index contributed by atoms with van der Waals surface area (Å²) < 4.78 is 0. The number of pyridine rings is 1. The second-order valence-electron chi connectivity index (χ2n) is 4.65. The lowest BCUT2D eigenvalue weighted by Gasteiger charge is -2.31. The van der Waals surface area contributed by atoms with Gasteiger partial charge in [0.15, 0.2) is 0 Å². The van der Waals surface area contributed by atoms with Crippen LogP contribution in [0.5, 0.6) is 0 Å². The highest BCUT2D eigenvalue weighted by Crippen LogP contribution is 2.22. The molecule has 1 saturated heterocycles. The van der Waals surface area contributed by atoms with Crippen LogP contribution in [0.15, 0.2) is 12.1 Å². The maximum atomic E-state index is 12.3. The van der Waals surface area contributed by atoms with Crippen LogP contribution in [0.4, 0.5) is 5.82 Å². The largest absolute Gasteiger partial charge is 0.384 e. The van der Waals surface area contributed by atoms with Gasteiger partial charge in [-0.15, -0.1) is 0 Å². The second kappa shape index (κ2) is 5.61. The normalized spacial score (nSPS) is 16.9. The van der Waals surface area contributed by atoms with Crippen molar-refractivity contribution in [3.8, 4) is 0 Å². The molecule has 0 spiro atoms. The van der Waals surface area contributed by atoms with E-state index in [4.69, 9.17) is 5.73 Å². The van der Waals surface area contributed by atoms with Gasteiger partial charge in [-0.05, 0) is 38.2 Å². The van der Waals surface area contributed by atoms with Crippen LogP contribution in [0.3, 0.4) is 0 Å². The molecule has 0 radical (unpaired) electrons. The molecule has 0 atom stereocenters. The van der Waals surface area contributed by atoms with E-state index < -0.39 is 0 Å². The van der Waals surface area contributed by atoms with Crippen molar-refractivity contribution >= 4 is 23.5 Å². The molecule has 1 amide bonds. The first-order valence-electron chi connectivity index (χ1n) is 6.16. The van der Waals surface area contributed by atoms with E-state index in [-0.39, 0.29) is 5.91 Å². The Hall–Kier alpha value is -1.23. The van der Waals surface area contributed by atoms with E-state index in [9.17, 15) is 4.79 Å². The lowest BCUT2D eigenvalue weighted by molar-refractivity contribution is 0.0727. The Bertz CT molecular complexity index is 422. The van der Waals surface area contributed by atoms with Crippen LogP contribution >= 0.6 is 11.8 Å². The smallest absolute Gasteiger partial charge is 0.254 e. The summed E-state index contributed by atoms with van der Waals surface area (Å²) in [6.45, 7) is 3.53. The van der Waals surface area contributed by atoms with Crippen molar-refractivity contribution in [1.29, 1.82) is 0 Å². The van der Waals surface area contributed by atoms with E-state index in [0.29, 0.717) is 16.6 Å². The highest BCUT2D eigenvalue weighted by atomic mass is 32.2. The number of carbonyl (C=O) groups excluding carboxylic acids is 1. The van der Waals surface area contributed by atoms with E-state index >= 15 is 0 Å². The number of aryl methyl sites for hydroxylation is 1. The Morgan fingerprint density at radius 3 is 2.67 bits per heavy atom. The number of hydrogen-bond acceptors (Lipinski definition) is 4. The minimum absolute atomic E-state index is 0.0757. The molecule has 0 unspecified atom stereocenters. The molecule has 1 aromatic rings. The fraction of sp³-hybridized carbons (Fsp3) is 0.538. The van der Waals surface area contributed by atoms with Crippen molar-refractivity contribution in [1.82, 2.24) is 9.88 Å². The van der Waals surface area contributed by atoms with E-state index in [1.54, 1.807) is 12.1 Å². The standard InChI is InChI=1S/C13H19N3OS/c1-9-7-10(8-12(14)15-9)13(17)16-5-3-11(18-2)4-6-16/h7-8,11H,3-6H2,1-2H3,(H2,14,15). The number of rotatable bonds is 2. The zero-order valence-corrected chi connectivity index (χ0v) is 11.7. The van der Waals surface area contributed by atoms with Crippen LogP contribution in [0.2, 0.25) is 0 Å². The van der Waals surface area contributed by atoms with E-state index in [1.165, 1.54) is 0 Å². The molecule has 18 heavy (non-hydrogen) atoms. The molecule has 4 nitrogen and oxygen atoms in total. The van der Waals surface area contributed by atoms with E-state index in [1.807, 2.05) is 23.6 Å². The molecule has 0 saturated carbocycles. The Morgan fingerprint density at radius 2 is 2.11 bits per heavy atom. The monoisotopic (exact) mass is 265 g/mol. The summed E-state index contributed by atoms with van der Waals surface area (Å²) >= 11 is 1.89. The highest BCUT2D eigenvalue weighted by Gasteiger charge is 2.23. The SMILES string of the molecule is CSC1CCN(C(=O)c2cc(C)nc(N)c2)CC1. The van der Waals surface area contributed by atoms with E-state index in [2.05, 4.69) is 11.2 Å². The summed E-state index contributed by atoms with van der Waals surface area (Å²) in [7, 11) is 0. The third-order valence-corrected chi connectivity index (χ3v) is 4.42. The molecular formula is C13H19N3OS. The Balaban J connectivity index is 2.07. The van der Waals surface area contributed by atoms with Crippen LogP contribution in [0, 0.1) is 6.92 Å². The number of nitrogen functional groups attached to an aromatic ring is 1. The molecule has 1 aliphatic rings. The Morgan fingerprint density at radius 1 is 1.44 bits per heavy atom. The first kappa shape index (κ1) is 13.2. The van der Waals surface area contributed by atoms with Crippen molar-refractivity contribution < 1.29 is 4.79 Å². The number of aromatic nitrogens is 1. The number of thioether (sulfide) groups is 1. The predicted octanol–water partition coefficient (Wildman–Crippen LogP) is 1.94. The maximum absolute atomic E-state index is 12.3. The number of nitrogens with two attached hydrogens (primary N) is 1. The van der Waals surface area contributed by atoms with Crippen molar-refractivity contribution in [2.45, 2.75) is 25.0 Å². The highest BCUT2D eigenvalue weighted by molar-refractivity contribution is 7.99. The molecular weight excluding hydrogens is 246 g/mol. The first-order valence-corrected chi connectivity index (χ1v) is 7.45. The van der Waals surface area contributed by atoms with Gasteiger partial charge in [0.05, 0.1) is 0 Å². The molecule has 1 aliphatic heterocycles. The lowest BCUT2D eigenvalue weighted by Crippen LogP contribution is -2.39. The molecule has 98 valence electrons. The minimum Gasteiger partial charge on any atom is -0.384 e. The number of piperidine rings is 1. The quantitative estimate of drug-likeness (QED) is 0.888. The minimum atomic E-state index is 0.0757. The summed E-state index contributed by atoms with van der Waals surface area (Å²) in [5.41, 5.74) is 7.13. The number of carbonyl (C=O) groups is 1. The number of hydrogen-bond donors (Lipinski definition) is 1. The Labute approximate surface area is 112 Å². The zero-order valence-electron chi connectivity index (χ0n) is 10.8. The summed E-state index contributed by atoms with van der Waals surface area (Å²) in [6.07, 6.45) is 4.29. The summed E-state index contributed by atoms with van der Waals surface area (Å²) in [6, 6.07) is 3.47. The second-order valence-corrected chi connectivity index (χ2v) is 5.79. The average Bonchev–Trinajstić information content (AvgIpc) is 2.37. The van der Waals surface area contributed by atoms with E-state index in [0.717, 1.165) is 31.6 Å². The van der Waals surface area contributed by atoms with Gasteiger partial charge in [-0.1, -0.05) is 0 Å². The molecule has 0 aliphatic carbocycles. The van der Waals surface area contributed by atoms with Crippen LogP contribution < -0.4 is 5.73 Å². The summed E-state index contributed by atoms with van der Waals surface area (Å²) in [4.78, 5) is 18.3. The van der Waals surface area contributed by atoms with Gasteiger partial charge in [0.1, 0.15) is 5.82 Å². The first-order chi connectivity index (χ1) is 8.60. The lowest BCUT2D eigenvalue weighted by atomic mass is 10.1. The van der Waals surface area contributed by atoms with Gasteiger partial charge in [-0.2, -0.15) is 11.8 Å². The van der Waals surface area contributed by atoms with Crippen LogP contribution in [-0.2, 0) is 0 Å². The number of likely N-dealkylation sites (tertiary alicyclic amines) is 1. The molecule has 5 heteroatoms. The third kappa shape index (κ3) is 2.96. The number of amides is 1. The van der Waals surface area contributed by atoms with Gasteiger partial charge in [0, 0.05) is 29.6 Å². The Kier molecular flexibility index (Phi) is 4.11. The summed E-state index contributed by atoms with van der Waals surface area (Å²) in [5.74, 6) is 0.490. The van der Waals surface area contributed by atoms with Crippen LogP contribution in [-0.4, -0.2) is 40.4 Å². The fourth-order valence-electron chi connectivity index (χ4n) is 2.29. The average molecular weight is 265 g/mol. The fourth-order valence-corrected chi connectivity index (χ4v) is 2.98. The number of anilines is 1.